The number of pyridine rings is 1. The van der Waals surface area contributed by atoms with Crippen molar-refractivity contribution in [2.24, 2.45) is 0 Å². The summed E-state index contributed by atoms with van der Waals surface area (Å²) in [5.41, 5.74) is 6.47. The zero-order chi connectivity index (χ0) is 10.5. The minimum absolute atomic E-state index is 0.489. The van der Waals surface area contributed by atoms with Crippen LogP contribution in [-0.2, 0) is 6.42 Å². The van der Waals surface area contributed by atoms with Crippen LogP contribution in [0.3, 0.4) is 0 Å². The maximum atomic E-state index is 5.65. The lowest BCUT2D eigenvalue weighted by Crippen LogP contribution is -2.07. The Kier molecular flexibility index (Phi) is 2.77. The van der Waals surface area contributed by atoms with E-state index in [1.54, 1.807) is 6.20 Å². The van der Waals surface area contributed by atoms with Gasteiger partial charge in [0.25, 0.3) is 0 Å². The molecule has 2 aromatic heterocycles. The Bertz CT molecular complexity index is 414. The van der Waals surface area contributed by atoms with E-state index in [-0.39, 0.29) is 0 Å². The number of anilines is 2. The number of aromatic nitrogens is 3. The van der Waals surface area contributed by atoms with Crippen molar-refractivity contribution in [2.45, 2.75) is 6.42 Å². The molecular weight excluding hydrogens is 194 g/mol. The molecule has 0 aliphatic carbocycles. The van der Waals surface area contributed by atoms with E-state index < -0.39 is 0 Å². The Labute approximate surface area is 86.5 Å². The quantitative estimate of drug-likeness (QED) is 0.763. The molecule has 0 spiro atoms. The van der Waals surface area contributed by atoms with Crippen LogP contribution in [-0.4, -0.2) is 21.7 Å². The Morgan fingerprint density at radius 2 is 2.33 bits per heavy atom. The summed E-state index contributed by atoms with van der Waals surface area (Å²) in [7, 11) is 0. The average molecular weight is 205 g/mol. The monoisotopic (exact) mass is 205 g/mol. The standard InChI is InChI=1S/C9H11N5O/c10-9-7(2-1-4-12-9)11-5-3-8-13-6-14-15-8/h1-2,4,6,11H,3,5H2,(H2,10,12). The van der Waals surface area contributed by atoms with Crippen molar-refractivity contribution < 1.29 is 4.52 Å². The summed E-state index contributed by atoms with van der Waals surface area (Å²) in [6.07, 6.45) is 3.70. The highest BCUT2D eigenvalue weighted by molar-refractivity contribution is 5.60. The van der Waals surface area contributed by atoms with Crippen LogP contribution in [0, 0.1) is 0 Å². The SMILES string of the molecule is Nc1ncccc1NCCc1ncno1. The fraction of sp³-hybridized carbons (Fsp3) is 0.222. The van der Waals surface area contributed by atoms with Gasteiger partial charge in [-0.1, -0.05) is 5.16 Å². The van der Waals surface area contributed by atoms with E-state index in [2.05, 4.69) is 20.4 Å². The van der Waals surface area contributed by atoms with E-state index in [4.69, 9.17) is 10.3 Å². The fourth-order valence-corrected chi connectivity index (χ4v) is 1.18. The van der Waals surface area contributed by atoms with Gasteiger partial charge in [-0.25, -0.2) is 4.98 Å². The van der Waals surface area contributed by atoms with E-state index in [0.29, 0.717) is 24.7 Å². The molecule has 2 heterocycles. The molecule has 15 heavy (non-hydrogen) atoms. The molecule has 0 aromatic carbocycles. The van der Waals surface area contributed by atoms with Gasteiger partial charge in [-0.2, -0.15) is 4.98 Å². The van der Waals surface area contributed by atoms with Gasteiger partial charge in [0.1, 0.15) is 5.82 Å². The lowest BCUT2D eigenvalue weighted by Gasteiger charge is -2.05. The van der Waals surface area contributed by atoms with Crippen LogP contribution in [0.1, 0.15) is 5.89 Å². The predicted octanol–water partition coefficient (Wildman–Crippen LogP) is 0.701. The second-order valence-electron chi connectivity index (χ2n) is 2.95. The summed E-state index contributed by atoms with van der Waals surface area (Å²) in [5.74, 6) is 1.09. The topological polar surface area (TPSA) is 89.9 Å². The molecule has 0 saturated heterocycles. The van der Waals surface area contributed by atoms with E-state index in [0.717, 1.165) is 5.69 Å². The highest BCUT2D eigenvalue weighted by Crippen LogP contribution is 2.12. The largest absolute Gasteiger partial charge is 0.382 e. The molecular formula is C9H11N5O. The van der Waals surface area contributed by atoms with E-state index in [9.17, 15) is 0 Å². The molecule has 0 aliphatic rings. The summed E-state index contributed by atoms with van der Waals surface area (Å²) in [6.45, 7) is 0.679. The second-order valence-corrected chi connectivity index (χ2v) is 2.95. The Balaban J connectivity index is 1.86. The van der Waals surface area contributed by atoms with Gasteiger partial charge in [0, 0.05) is 19.2 Å². The zero-order valence-corrected chi connectivity index (χ0v) is 8.05. The van der Waals surface area contributed by atoms with Crippen molar-refractivity contribution in [3.8, 4) is 0 Å². The van der Waals surface area contributed by atoms with Crippen LogP contribution < -0.4 is 11.1 Å². The van der Waals surface area contributed by atoms with Crippen LogP contribution >= 0.6 is 0 Å². The summed E-state index contributed by atoms with van der Waals surface area (Å²) >= 11 is 0. The number of nitrogens with zero attached hydrogens (tertiary/aromatic N) is 3. The maximum absolute atomic E-state index is 5.65. The molecule has 78 valence electrons. The number of rotatable bonds is 4. The second kappa shape index (κ2) is 4.41. The molecule has 0 fully saturated rings. The van der Waals surface area contributed by atoms with Gasteiger partial charge in [0.05, 0.1) is 5.69 Å². The molecule has 0 radical (unpaired) electrons. The minimum atomic E-state index is 0.489. The van der Waals surface area contributed by atoms with E-state index >= 15 is 0 Å². The Hall–Kier alpha value is -2.11. The van der Waals surface area contributed by atoms with Crippen LogP contribution in [0.15, 0.2) is 29.2 Å². The van der Waals surface area contributed by atoms with Crippen molar-refractivity contribution in [3.05, 3.63) is 30.5 Å². The lowest BCUT2D eigenvalue weighted by molar-refractivity contribution is 0.380. The van der Waals surface area contributed by atoms with Crippen molar-refractivity contribution in [2.75, 3.05) is 17.6 Å². The van der Waals surface area contributed by atoms with Crippen LogP contribution in [0.2, 0.25) is 0 Å². The van der Waals surface area contributed by atoms with Gasteiger partial charge in [-0.15, -0.1) is 0 Å². The van der Waals surface area contributed by atoms with Crippen LogP contribution in [0.25, 0.3) is 0 Å². The molecule has 0 atom stereocenters. The number of nitrogens with one attached hydrogen (secondary N) is 1. The highest BCUT2D eigenvalue weighted by Gasteiger charge is 2.00. The Morgan fingerprint density at radius 3 is 3.07 bits per heavy atom. The lowest BCUT2D eigenvalue weighted by atomic mass is 10.3. The average Bonchev–Trinajstić information content (AvgIpc) is 2.74. The number of nitrogen functional groups attached to an aromatic ring is 1. The fourth-order valence-electron chi connectivity index (χ4n) is 1.18. The number of hydrogen-bond donors (Lipinski definition) is 2. The first-order valence-corrected chi connectivity index (χ1v) is 4.56. The van der Waals surface area contributed by atoms with Gasteiger partial charge in [-0.3, -0.25) is 0 Å². The van der Waals surface area contributed by atoms with E-state index in [1.807, 2.05) is 12.1 Å². The van der Waals surface area contributed by atoms with Crippen molar-refractivity contribution in [1.82, 2.24) is 15.1 Å². The molecule has 6 nitrogen and oxygen atoms in total. The van der Waals surface area contributed by atoms with Crippen LogP contribution in [0.4, 0.5) is 11.5 Å². The molecule has 0 aliphatic heterocycles. The summed E-state index contributed by atoms with van der Waals surface area (Å²) in [6, 6.07) is 3.70. The van der Waals surface area contributed by atoms with Crippen molar-refractivity contribution in [3.63, 3.8) is 0 Å². The van der Waals surface area contributed by atoms with E-state index in [1.165, 1.54) is 6.33 Å². The maximum Gasteiger partial charge on any atom is 0.228 e. The smallest absolute Gasteiger partial charge is 0.228 e. The molecule has 0 bridgehead atoms. The first kappa shape index (κ1) is 9.45. The van der Waals surface area contributed by atoms with Gasteiger partial charge in [0.15, 0.2) is 6.33 Å². The van der Waals surface area contributed by atoms with Gasteiger partial charge in [0.2, 0.25) is 5.89 Å². The van der Waals surface area contributed by atoms with Gasteiger partial charge < -0.3 is 15.6 Å². The first-order chi connectivity index (χ1) is 7.36. The third-order valence-electron chi connectivity index (χ3n) is 1.90. The van der Waals surface area contributed by atoms with Gasteiger partial charge >= 0.3 is 0 Å². The number of hydrogen-bond acceptors (Lipinski definition) is 6. The molecule has 2 aromatic rings. The predicted molar refractivity (Wildman–Crippen MR) is 55.1 cm³/mol. The summed E-state index contributed by atoms with van der Waals surface area (Å²) < 4.78 is 4.85. The molecule has 3 N–H and O–H groups in total. The molecule has 0 amide bonds. The van der Waals surface area contributed by atoms with Crippen LogP contribution in [0.5, 0.6) is 0 Å². The van der Waals surface area contributed by atoms with Crippen molar-refractivity contribution in [1.29, 1.82) is 0 Å². The van der Waals surface area contributed by atoms with Crippen molar-refractivity contribution >= 4 is 11.5 Å². The first-order valence-electron chi connectivity index (χ1n) is 4.56. The number of nitrogens with two attached hydrogens (primary N) is 1. The minimum Gasteiger partial charge on any atom is -0.382 e. The Morgan fingerprint density at radius 1 is 1.40 bits per heavy atom. The third kappa shape index (κ3) is 2.43. The molecule has 6 heteroatoms. The molecule has 0 unspecified atom stereocenters. The summed E-state index contributed by atoms with van der Waals surface area (Å²) in [5, 5.41) is 6.65. The summed E-state index contributed by atoms with van der Waals surface area (Å²) in [4.78, 5) is 7.86. The third-order valence-corrected chi connectivity index (χ3v) is 1.90. The normalized spacial score (nSPS) is 10.1. The molecule has 2 rings (SSSR count). The zero-order valence-electron chi connectivity index (χ0n) is 8.05. The molecule has 0 saturated carbocycles. The van der Waals surface area contributed by atoms with Gasteiger partial charge in [-0.05, 0) is 12.1 Å². The highest BCUT2D eigenvalue weighted by atomic mass is 16.5.